The predicted octanol–water partition coefficient (Wildman–Crippen LogP) is 5.41. The molecule has 12 heteroatoms. The smallest absolute Gasteiger partial charge is 0.331 e. The van der Waals surface area contributed by atoms with Gasteiger partial charge in [0.15, 0.2) is 6.10 Å². The molecule has 4 aliphatic rings. The molecule has 0 spiro atoms. The van der Waals surface area contributed by atoms with Gasteiger partial charge in [-0.25, -0.2) is 9.59 Å². The normalized spacial score (nSPS) is 35.4. The summed E-state index contributed by atoms with van der Waals surface area (Å²) >= 11 is 0. The van der Waals surface area contributed by atoms with Gasteiger partial charge < -0.3 is 43.7 Å². The van der Waals surface area contributed by atoms with Gasteiger partial charge in [-0.2, -0.15) is 0 Å². The van der Waals surface area contributed by atoms with Crippen LogP contribution in [-0.4, -0.2) is 101 Å². The average Bonchev–Trinajstić information content (AvgIpc) is 3.07. The molecular formula is C42H60O12. The molecule has 0 aromatic rings. The number of methoxy groups -OCH3 is 1. The molecule has 0 radical (unpaired) electrons. The molecule has 12 nitrogen and oxygen atoms in total. The van der Waals surface area contributed by atoms with Gasteiger partial charge in [0.1, 0.15) is 6.10 Å². The zero-order valence-electron chi connectivity index (χ0n) is 32.4. The van der Waals surface area contributed by atoms with Gasteiger partial charge in [-0.3, -0.25) is 4.79 Å². The number of aliphatic hydroxyl groups excluding tert-OH is 2. The first-order chi connectivity index (χ1) is 25.5. The maximum atomic E-state index is 13.3. The highest BCUT2D eigenvalue weighted by Gasteiger charge is 2.57. The third-order valence-electron chi connectivity index (χ3n) is 10.4. The number of aliphatic hydroxyl groups is 3. The maximum absolute atomic E-state index is 13.3. The monoisotopic (exact) mass is 756 g/mol. The number of hydrogen-bond acceptors (Lipinski definition) is 12. The second-order valence-electron chi connectivity index (χ2n) is 15.7. The molecule has 0 aromatic carbocycles. The summed E-state index contributed by atoms with van der Waals surface area (Å²) in [6, 6.07) is 0. The Bertz CT molecular complexity index is 1470. The van der Waals surface area contributed by atoms with Crippen LogP contribution in [0.25, 0.3) is 0 Å². The van der Waals surface area contributed by atoms with E-state index in [1.54, 1.807) is 26.0 Å². The quantitative estimate of drug-likeness (QED) is 0.0996. The van der Waals surface area contributed by atoms with Crippen LogP contribution in [-0.2, 0) is 42.8 Å². The molecule has 4 heterocycles. The fourth-order valence-corrected chi connectivity index (χ4v) is 7.55. The molecule has 4 aliphatic heterocycles. The lowest BCUT2D eigenvalue weighted by atomic mass is 9.74. The molecule has 300 valence electrons. The first kappa shape index (κ1) is 43.3. The van der Waals surface area contributed by atoms with Crippen molar-refractivity contribution in [3.8, 4) is 0 Å². The Labute approximate surface area is 319 Å². The molecular weight excluding hydrogens is 696 g/mol. The summed E-state index contributed by atoms with van der Waals surface area (Å²) < 4.78 is 35.9. The van der Waals surface area contributed by atoms with Gasteiger partial charge in [-0.15, -0.1) is 0 Å². The molecule has 4 rings (SSSR count). The number of hydrogen-bond donors (Lipinski definition) is 3. The molecule has 0 unspecified atom stereocenters. The lowest BCUT2D eigenvalue weighted by Gasteiger charge is -2.51. The van der Waals surface area contributed by atoms with Crippen molar-refractivity contribution >= 4 is 17.9 Å². The Balaban J connectivity index is 1.77. The number of allylic oxidation sites excluding steroid dienone is 3. The van der Waals surface area contributed by atoms with Gasteiger partial charge in [0.05, 0.1) is 56.3 Å². The highest BCUT2D eigenvalue weighted by atomic mass is 16.7. The van der Waals surface area contributed by atoms with Crippen LogP contribution in [0.4, 0.5) is 0 Å². The van der Waals surface area contributed by atoms with Gasteiger partial charge in [-0.05, 0) is 51.0 Å². The van der Waals surface area contributed by atoms with Gasteiger partial charge in [-0.1, -0.05) is 81.9 Å². The van der Waals surface area contributed by atoms with Crippen molar-refractivity contribution in [1.82, 2.24) is 0 Å². The largest absolute Gasteiger partial charge is 0.466 e. The SMILES string of the molecule is C=C1C[C@@H]2C[C@@H]3CC(=C)C[C@H](C=CC(C)(C)[C@]4(O)O[C@@H](CC(=CC(=O)OC)[C@@H]4OC(=O)C=CC=CCCC)C[C@H]([C@@H](C)O)OC(=O)C[C@H](O)C[C@H](C1)O2)O3. The number of carbonyl (C=O) groups is 3. The Kier molecular flexibility index (Phi) is 15.6. The summed E-state index contributed by atoms with van der Waals surface area (Å²) in [6.45, 7) is 15.4. The molecule has 10 atom stereocenters. The molecule has 0 aromatic heterocycles. The second-order valence-corrected chi connectivity index (χ2v) is 15.7. The summed E-state index contributed by atoms with van der Waals surface area (Å²) in [7, 11) is 1.21. The molecule has 54 heavy (non-hydrogen) atoms. The Morgan fingerprint density at radius 3 is 2.30 bits per heavy atom. The van der Waals surface area contributed by atoms with Gasteiger partial charge in [0.2, 0.25) is 5.79 Å². The van der Waals surface area contributed by atoms with Crippen LogP contribution in [0, 0.1) is 5.41 Å². The third kappa shape index (κ3) is 12.1. The van der Waals surface area contributed by atoms with Gasteiger partial charge >= 0.3 is 17.9 Å². The lowest BCUT2D eigenvalue weighted by molar-refractivity contribution is -0.327. The number of fused-ring (bicyclic) bond motifs is 6. The number of carbonyl (C=O) groups excluding carboxylic acids is 3. The zero-order valence-corrected chi connectivity index (χ0v) is 32.4. The van der Waals surface area contributed by atoms with Crippen LogP contribution in [0.5, 0.6) is 0 Å². The molecule has 3 saturated heterocycles. The van der Waals surface area contributed by atoms with Crippen molar-refractivity contribution in [3.05, 3.63) is 72.4 Å². The maximum Gasteiger partial charge on any atom is 0.331 e. The van der Waals surface area contributed by atoms with Crippen LogP contribution >= 0.6 is 0 Å². The third-order valence-corrected chi connectivity index (χ3v) is 10.4. The van der Waals surface area contributed by atoms with Crippen molar-refractivity contribution < 1.29 is 58.1 Å². The van der Waals surface area contributed by atoms with E-state index in [-0.39, 0.29) is 49.6 Å². The summed E-state index contributed by atoms with van der Waals surface area (Å²) in [6.07, 6.45) is 8.57. The lowest BCUT2D eigenvalue weighted by Crippen LogP contribution is -2.62. The summed E-state index contributed by atoms with van der Waals surface area (Å²) in [4.78, 5) is 39.1. The highest BCUT2D eigenvalue weighted by molar-refractivity contribution is 5.84. The Morgan fingerprint density at radius 2 is 1.63 bits per heavy atom. The number of cyclic esters (lactones) is 1. The molecule has 6 bridgehead atoms. The first-order valence-corrected chi connectivity index (χ1v) is 19.1. The summed E-state index contributed by atoms with van der Waals surface area (Å²) in [5.41, 5.74) is 0.879. The number of unbranched alkanes of at least 4 members (excludes halogenated alkanes) is 1. The Hall–Kier alpha value is -3.39. The average molecular weight is 757 g/mol. The number of esters is 3. The van der Waals surface area contributed by atoms with Crippen LogP contribution in [0.3, 0.4) is 0 Å². The van der Waals surface area contributed by atoms with Crippen LogP contribution in [0.1, 0.15) is 98.3 Å². The van der Waals surface area contributed by atoms with E-state index in [2.05, 4.69) is 13.2 Å². The highest BCUT2D eigenvalue weighted by Crippen LogP contribution is 2.47. The van der Waals surface area contributed by atoms with E-state index in [4.69, 9.17) is 28.4 Å². The van der Waals surface area contributed by atoms with Crippen LogP contribution in [0.2, 0.25) is 0 Å². The second kappa shape index (κ2) is 19.5. The van der Waals surface area contributed by atoms with E-state index in [1.807, 2.05) is 19.1 Å². The molecule has 3 fully saturated rings. The van der Waals surface area contributed by atoms with Crippen molar-refractivity contribution in [2.24, 2.45) is 5.41 Å². The van der Waals surface area contributed by atoms with E-state index < -0.39 is 65.7 Å². The minimum Gasteiger partial charge on any atom is -0.466 e. The molecule has 0 amide bonds. The number of ether oxygens (including phenoxy) is 6. The predicted molar refractivity (Wildman–Crippen MR) is 201 cm³/mol. The summed E-state index contributed by atoms with van der Waals surface area (Å²) in [5.74, 6) is -4.56. The van der Waals surface area contributed by atoms with Crippen LogP contribution < -0.4 is 0 Å². The minimum absolute atomic E-state index is 0.0457. The first-order valence-electron chi connectivity index (χ1n) is 19.1. The molecule has 0 saturated carbocycles. The van der Waals surface area contributed by atoms with Gasteiger partial charge in [0.25, 0.3) is 0 Å². The fraction of sp³-hybridized carbons (Fsp3) is 0.643. The van der Waals surface area contributed by atoms with Gasteiger partial charge in [0, 0.05) is 36.8 Å². The fourth-order valence-electron chi connectivity index (χ4n) is 7.55. The standard InChI is InChI=1S/C42H60O12/c1-8-9-10-11-12-13-37(45)53-40-29(21-38(46)49-7)20-35-25-36(28(4)43)52-39(47)23-30(44)22-32-17-27(3)19-34(51-32)24-33-18-26(2)16-31(50-33)14-15-41(5,6)42(40,48)54-35/h10-15,21,28,30-36,40,43-44,48H,2-3,8-9,16-20,22-25H2,1,4-7H3/t28-,30-,31+,32+,33+,34-,35+,36-,40+,42-/m1/s1. The van der Waals surface area contributed by atoms with Crippen molar-refractivity contribution in [3.63, 3.8) is 0 Å². The van der Waals surface area contributed by atoms with E-state index in [0.29, 0.717) is 32.1 Å². The topological polar surface area (TPSA) is 167 Å². The van der Waals surface area contributed by atoms with Crippen molar-refractivity contribution in [2.75, 3.05) is 7.11 Å². The molecule has 3 N–H and O–H groups in total. The van der Waals surface area contributed by atoms with E-state index in [0.717, 1.165) is 30.1 Å². The Morgan fingerprint density at radius 1 is 0.963 bits per heavy atom. The molecule has 0 aliphatic carbocycles. The number of rotatable bonds is 7. The minimum atomic E-state index is -2.30. The van der Waals surface area contributed by atoms with E-state index in [9.17, 15) is 29.7 Å². The van der Waals surface area contributed by atoms with Crippen molar-refractivity contribution in [2.45, 2.75) is 159 Å². The van der Waals surface area contributed by atoms with E-state index in [1.165, 1.54) is 26.2 Å². The summed E-state index contributed by atoms with van der Waals surface area (Å²) in [5, 5.41) is 34.4. The van der Waals surface area contributed by atoms with Crippen LogP contribution in [0.15, 0.2) is 72.4 Å². The van der Waals surface area contributed by atoms with Crippen molar-refractivity contribution in [1.29, 1.82) is 0 Å². The zero-order chi connectivity index (χ0) is 39.6. The van der Waals surface area contributed by atoms with E-state index >= 15 is 0 Å².